The smallest absolute Gasteiger partial charge is 0.225 e. The van der Waals surface area contributed by atoms with Gasteiger partial charge in [0.25, 0.3) is 0 Å². The van der Waals surface area contributed by atoms with E-state index in [1.807, 2.05) is 31.3 Å². The minimum absolute atomic E-state index is 0.540. The van der Waals surface area contributed by atoms with E-state index in [-0.39, 0.29) is 0 Å². The first-order valence-corrected chi connectivity index (χ1v) is 8.54. The lowest BCUT2D eigenvalue weighted by Gasteiger charge is -2.17. The van der Waals surface area contributed by atoms with Crippen molar-refractivity contribution in [3.8, 4) is 0 Å². The SMILES string of the molecule is Cc1cc(NC2CCCCCC2)nc(NCc2cccnc2)n1. The number of pyridine rings is 1. The molecule has 5 nitrogen and oxygen atoms in total. The Morgan fingerprint density at radius 3 is 2.70 bits per heavy atom. The van der Waals surface area contributed by atoms with Crippen LogP contribution >= 0.6 is 0 Å². The van der Waals surface area contributed by atoms with Gasteiger partial charge in [0.1, 0.15) is 5.82 Å². The van der Waals surface area contributed by atoms with Crippen LogP contribution in [0.1, 0.15) is 49.8 Å². The van der Waals surface area contributed by atoms with E-state index in [4.69, 9.17) is 0 Å². The second-order valence-corrected chi connectivity index (χ2v) is 6.27. The lowest BCUT2D eigenvalue weighted by Crippen LogP contribution is -2.19. The van der Waals surface area contributed by atoms with Gasteiger partial charge in [0.05, 0.1) is 0 Å². The largest absolute Gasteiger partial charge is 0.367 e. The monoisotopic (exact) mass is 311 g/mol. The maximum atomic E-state index is 4.62. The fourth-order valence-corrected chi connectivity index (χ4v) is 3.04. The van der Waals surface area contributed by atoms with Gasteiger partial charge in [-0.25, -0.2) is 4.98 Å². The van der Waals surface area contributed by atoms with E-state index in [1.54, 1.807) is 6.20 Å². The highest BCUT2D eigenvalue weighted by molar-refractivity contribution is 5.43. The summed E-state index contributed by atoms with van der Waals surface area (Å²) in [6, 6.07) is 6.55. The Bertz CT molecular complexity index is 606. The van der Waals surface area contributed by atoms with Crippen molar-refractivity contribution >= 4 is 11.8 Å². The number of aryl methyl sites for hydroxylation is 1. The highest BCUT2D eigenvalue weighted by atomic mass is 15.1. The third-order valence-corrected chi connectivity index (χ3v) is 4.23. The van der Waals surface area contributed by atoms with Crippen LogP contribution in [0.2, 0.25) is 0 Å². The summed E-state index contributed by atoms with van der Waals surface area (Å²) in [6.45, 7) is 2.69. The van der Waals surface area contributed by atoms with Crippen molar-refractivity contribution < 1.29 is 0 Å². The summed E-state index contributed by atoms with van der Waals surface area (Å²) in [6.07, 6.45) is 11.5. The molecule has 1 aliphatic rings. The Morgan fingerprint density at radius 1 is 1.13 bits per heavy atom. The molecule has 1 fully saturated rings. The van der Waals surface area contributed by atoms with Gasteiger partial charge in [0.15, 0.2) is 0 Å². The molecule has 0 atom stereocenters. The van der Waals surface area contributed by atoms with Crippen LogP contribution in [0.3, 0.4) is 0 Å². The number of aromatic nitrogens is 3. The van der Waals surface area contributed by atoms with Crippen molar-refractivity contribution in [1.29, 1.82) is 0 Å². The maximum absolute atomic E-state index is 4.62. The zero-order valence-corrected chi connectivity index (χ0v) is 13.8. The first kappa shape index (κ1) is 15.7. The predicted molar refractivity (Wildman–Crippen MR) is 93.4 cm³/mol. The molecule has 2 heterocycles. The number of rotatable bonds is 5. The zero-order valence-electron chi connectivity index (χ0n) is 13.8. The first-order chi connectivity index (χ1) is 11.3. The average molecular weight is 311 g/mol. The van der Waals surface area contributed by atoms with E-state index >= 15 is 0 Å². The van der Waals surface area contributed by atoms with Crippen molar-refractivity contribution in [3.63, 3.8) is 0 Å². The molecule has 0 bridgehead atoms. The maximum Gasteiger partial charge on any atom is 0.225 e. The molecule has 5 heteroatoms. The molecular formula is C18H25N5. The van der Waals surface area contributed by atoms with Gasteiger partial charge in [-0.1, -0.05) is 31.7 Å². The Labute approximate surface area is 138 Å². The number of hydrogen-bond donors (Lipinski definition) is 2. The second kappa shape index (κ2) is 7.90. The van der Waals surface area contributed by atoms with E-state index in [0.717, 1.165) is 17.1 Å². The van der Waals surface area contributed by atoms with Crippen molar-refractivity contribution in [2.24, 2.45) is 0 Å². The number of hydrogen-bond acceptors (Lipinski definition) is 5. The molecule has 0 unspecified atom stereocenters. The van der Waals surface area contributed by atoms with Crippen molar-refractivity contribution in [3.05, 3.63) is 41.9 Å². The van der Waals surface area contributed by atoms with Gasteiger partial charge in [-0.15, -0.1) is 0 Å². The van der Waals surface area contributed by atoms with Crippen molar-refractivity contribution in [2.75, 3.05) is 10.6 Å². The summed E-state index contributed by atoms with van der Waals surface area (Å²) in [7, 11) is 0. The first-order valence-electron chi connectivity index (χ1n) is 8.54. The van der Waals surface area contributed by atoms with Crippen LogP contribution in [0.4, 0.5) is 11.8 Å². The molecule has 1 saturated carbocycles. The predicted octanol–water partition coefficient (Wildman–Crippen LogP) is 3.93. The minimum atomic E-state index is 0.540. The normalized spacial score (nSPS) is 15.9. The number of anilines is 2. The molecule has 0 amide bonds. The molecule has 0 saturated heterocycles. The molecule has 2 aromatic heterocycles. The summed E-state index contributed by atoms with van der Waals surface area (Å²) in [5.74, 6) is 1.60. The van der Waals surface area contributed by atoms with Gasteiger partial charge >= 0.3 is 0 Å². The van der Waals surface area contributed by atoms with E-state index < -0.39 is 0 Å². The Kier molecular flexibility index (Phi) is 5.40. The minimum Gasteiger partial charge on any atom is -0.367 e. The molecular weight excluding hydrogens is 286 g/mol. The molecule has 23 heavy (non-hydrogen) atoms. The number of nitrogens with one attached hydrogen (secondary N) is 2. The van der Waals surface area contributed by atoms with Crippen LogP contribution in [0.5, 0.6) is 0 Å². The Morgan fingerprint density at radius 2 is 1.96 bits per heavy atom. The van der Waals surface area contributed by atoms with Gasteiger partial charge in [0, 0.05) is 36.7 Å². The summed E-state index contributed by atoms with van der Waals surface area (Å²) < 4.78 is 0. The third kappa shape index (κ3) is 4.91. The molecule has 2 N–H and O–H groups in total. The van der Waals surface area contributed by atoms with Crippen LogP contribution < -0.4 is 10.6 Å². The van der Waals surface area contributed by atoms with Crippen molar-refractivity contribution in [2.45, 2.75) is 58.0 Å². The van der Waals surface area contributed by atoms with E-state index in [1.165, 1.54) is 38.5 Å². The summed E-state index contributed by atoms with van der Waals surface area (Å²) in [5.41, 5.74) is 2.10. The van der Waals surface area contributed by atoms with Crippen LogP contribution in [0.25, 0.3) is 0 Å². The van der Waals surface area contributed by atoms with Crippen molar-refractivity contribution in [1.82, 2.24) is 15.0 Å². The summed E-state index contributed by atoms with van der Waals surface area (Å²) in [5, 5.41) is 6.89. The van der Waals surface area contributed by atoms with E-state index in [2.05, 4.69) is 25.6 Å². The average Bonchev–Trinajstić information content (AvgIpc) is 2.82. The van der Waals surface area contributed by atoms with Crippen LogP contribution in [-0.2, 0) is 6.54 Å². The van der Waals surface area contributed by atoms with Crippen LogP contribution in [0, 0.1) is 6.92 Å². The van der Waals surface area contributed by atoms with E-state index in [9.17, 15) is 0 Å². The van der Waals surface area contributed by atoms with Gasteiger partial charge < -0.3 is 10.6 Å². The molecule has 0 aliphatic heterocycles. The van der Waals surface area contributed by atoms with Gasteiger partial charge in [-0.05, 0) is 31.4 Å². The van der Waals surface area contributed by atoms with Crippen LogP contribution in [-0.4, -0.2) is 21.0 Å². The summed E-state index contributed by atoms with van der Waals surface area (Å²) >= 11 is 0. The van der Waals surface area contributed by atoms with E-state index in [0.29, 0.717) is 18.5 Å². The molecule has 1 aliphatic carbocycles. The van der Waals surface area contributed by atoms with Gasteiger partial charge in [-0.3, -0.25) is 4.98 Å². The zero-order chi connectivity index (χ0) is 15.9. The standard InChI is InChI=1S/C18H25N5/c1-14-11-17(22-16-8-4-2-3-5-9-16)23-18(21-14)20-13-15-7-6-10-19-12-15/h6-7,10-12,16H,2-5,8-9,13H2,1H3,(H2,20,21,22,23). The molecule has 122 valence electrons. The topological polar surface area (TPSA) is 62.7 Å². The molecule has 0 spiro atoms. The Hall–Kier alpha value is -2.17. The lowest BCUT2D eigenvalue weighted by molar-refractivity contribution is 0.617. The third-order valence-electron chi connectivity index (χ3n) is 4.23. The van der Waals surface area contributed by atoms with Gasteiger partial charge in [0.2, 0.25) is 5.95 Å². The highest BCUT2D eigenvalue weighted by Crippen LogP contribution is 2.21. The highest BCUT2D eigenvalue weighted by Gasteiger charge is 2.13. The Balaban J connectivity index is 1.63. The quantitative estimate of drug-likeness (QED) is 0.819. The molecule has 0 aromatic carbocycles. The molecule has 0 radical (unpaired) electrons. The number of nitrogens with zero attached hydrogens (tertiary/aromatic N) is 3. The second-order valence-electron chi connectivity index (χ2n) is 6.27. The molecule has 2 aromatic rings. The fraction of sp³-hybridized carbons (Fsp3) is 0.500. The van der Waals surface area contributed by atoms with Gasteiger partial charge in [-0.2, -0.15) is 4.98 Å². The summed E-state index contributed by atoms with van der Waals surface area (Å²) in [4.78, 5) is 13.2. The fourth-order valence-electron chi connectivity index (χ4n) is 3.04. The molecule has 3 rings (SSSR count). The van der Waals surface area contributed by atoms with Crippen LogP contribution in [0.15, 0.2) is 30.6 Å². The lowest BCUT2D eigenvalue weighted by atomic mass is 10.1.